The van der Waals surface area contributed by atoms with Crippen molar-refractivity contribution < 1.29 is 19.2 Å². The number of Topliss-reactive ketones (excluding diaryl/α,β-unsaturated/α-hetero) is 1. The van der Waals surface area contributed by atoms with Crippen molar-refractivity contribution in [1.82, 2.24) is 60.5 Å². The lowest BCUT2D eigenvalue weighted by molar-refractivity contribution is -0.125. The summed E-state index contributed by atoms with van der Waals surface area (Å²) < 4.78 is 0. The Morgan fingerprint density at radius 3 is 1.48 bits per heavy atom. The number of carbonyl (C=O) groups is 4. The largest absolute Gasteiger partial charge is 0.326 e. The molecule has 0 radical (unpaired) electrons. The molecule has 0 aliphatic heterocycles. The number of H-pyrrole nitrogens is 3. The number of rotatable bonds is 18. The van der Waals surface area contributed by atoms with Crippen molar-refractivity contribution in [2.24, 2.45) is 5.92 Å². The van der Waals surface area contributed by atoms with Crippen LogP contribution >= 0.6 is 35.3 Å². The van der Waals surface area contributed by atoms with Gasteiger partial charge in [0.1, 0.15) is 39.8 Å². The number of fused-ring (bicyclic) bond motifs is 3. The van der Waals surface area contributed by atoms with E-state index in [0.717, 1.165) is 135 Å². The van der Waals surface area contributed by atoms with Gasteiger partial charge in [-0.05, 0) is 116 Å². The Balaban J connectivity index is 0.000000135. The second-order valence-electron chi connectivity index (χ2n) is 21.4. The molecule has 3 amide bonds. The van der Waals surface area contributed by atoms with E-state index in [4.69, 9.17) is 0 Å². The molecule has 1 unspecified atom stereocenters. The van der Waals surface area contributed by atoms with Gasteiger partial charge in [-0.15, -0.1) is 35.3 Å². The number of nitrogens with zero attached hydrogens (tertiary/aromatic N) is 9. The van der Waals surface area contributed by atoms with Crippen LogP contribution in [0.5, 0.6) is 0 Å². The molecule has 0 bridgehead atoms. The molecule has 19 nitrogen and oxygen atoms in total. The van der Waals surface area contributed by atoms with E-state index in [0.29, 0.717) is 25.7 Å². The van der Waals surface area contributed by atoms with Crippen molar-refractivity contribution in [2.45, 2.75) is 109 Å². The highest BCUT2D eigenvalue weighted by Gasteiger charge is 2.51. The maximum Gasteiger partial charge on any atom is 0.235 e. The molecule has 1 atom stereocenters. The summed E-state index contributed by atoms with van der Waals surface area (Å²) in [6.07, 6.45) is 14.7. The van der Waals surface area contributed by atoms with Crippen LogP contribution in [0.15, 0.2) is 174 Å². The Morgan fingerprint density at radius 2 is 1.02 bits per heavy atom. The molecule has 0 spiro atoms. The summed E-state index contributed by atoms with van der Waals surface area (Å²) in [6.45, 7) is 6.15. The van der Waals surface area contributed by atoms with Crippen molar-refractivity contribution in [3.8, 4) is 0 Å². The molecule has 6 N–H and O–H groups in total. The Morgan fingerprint density at radius 1 is 0.563 bits per heavy atom. The zero-order valence-corrected chi connectivity index (χ0v) is 50.6. The van der Waals surface area contributed by atoms with E-state index < -0.39 is 0 Å². The highest BCUT2D eigenvalue weighted by molar-refractivity contribution is 7.99. The van der Waals surface area contributed by atoms with Gasteiger partial charge in [-0.3, -0.25) is 34.5 Å². The molecular weight excluding hydrogens is 1150 g/mol. The summed E-state index contributed by atoms with van der Waals surface area (Å²) in [5, 5.41) is 35.2. The second-order valence-corrected chi connectivity index (χ2v) is 24.3. The predicted octanol–water partition coefficient (Wildman–Crippen LogP) is 13.1. The maximum atomic E-state index is 13.0. The second kappa shape index (κ2) is 27.9. The molecule has 6 heterocycles. The van der Waals surface area contributed by atoms with Gasteiger partial charge in [0.2, 0.25) is 17.7 Å². The number of amides is 3. The normalized spacial score (nSPS) is 13.9. The van der Waals surface area contributed by atoms with E-state index in [1.165, 1.54) is 18.2 Å². The lowest BCUT2D eigenvalue weighted by Crippen LogP contribution is -2.27. The number of benzene rings is 5. The van der Waals surface area contributed by atoms with Gasteiger partial charge in [0, 0.05) is 53.1 Å². The third-order valence-electron chi connectivity index (χ3n) is 15.3. The molecule has 5 aromatic carbocycles. The molecule has 87 heavy (non-hydrogen) atoms. The molecular formula is C65H63N15O4S3. The number of nitrogens with one attached hydrogen (secondary N) is 6. The monoisotopic (exact) mass is 1210 g/mol. The summed E-state index contributed by atoms with van der Waals surface area (Å²) in [4.78, 5) is 75.3. The van der Waals surface area contributed by atoms with Crippen molar-refractivity contribution in [3.05, 3.63) is 198 Å². The molecule has 13 rings (SSSR count). The van der Waals surface area contributed by atoms with Gasteiger partial charge in [0.05, 0.1) is 46.1 Å². The summed E-state index contributed by atoms with van der Waals surface area (Å²) >= 11 is 4.85. The molecule has 2 fully saturated rings. The fourth-order valence-corrected chi connectivity index (χ4v) is 13.1. The van der Waals surface area contributed by atoms with E-state index in [1.54, 1.807) is 60.2 Å². The fourth-order valence-electron chi connectivity index (χ4n) is 10.3. The quantitative estimate of drug-likeness (QED) is 0.0344. The topological polar surface area (TPSA) is 268 Å². The van der Waals surface area contributed by atoms with Crippen molar-refractivity contribution >= 4 is 109 Å². The Hall–Kier alpha value is -9.12. The van der Waals surface area contributed by atoms with E-state index in [9.17, 15) is 19.2 Å². The Kier molecular flexibility index (Phi) is 19.1. The number of aromatic amines is 3. The molecule has 6 aromatic heterocycles. The van der Waals surface area contributed by atoms with Gasteiger partial charge in [0.25, 0.3) is 0 Å². The van der Waals surface area contributed by atoms with Crippen LogP contribution in [-0.4, -0.2) is 84.0 Å². The number of ketones is 1. The molecule has 440 valence electrons. The van der Waals surface area contributed by atoms with E-state index in [1.807, 2.05) is 98.8 Å². The molecule has 22 heteroatoms. The van der Waals surface area contributed by atoms with Crippen molar-refractivity contribution in [3.63, 3.8) is 0 Å². The Labute approximate surface area is 514 Å². The van der Waals surface area contributed by atoms with Gasteiger partial charge in [0.15, 0.2) is 16.9 Å². The number of anilines is 3. The zero-order valence-electron chi connectivity index (χ0n) is 48.1. The summed E-state index contributed by atoms with van der Waals surface area (Å²) in [5.74, 6) is 2.31. The van der Waals surface area contributed by atoms with Crippen LogP contribution in [-0.2, 0) is 41.9 Å². The van der Waals surface area contributed by atoms with Crippen molar-refractivity contribution in [1.29, 1.82) is 0 Å². The van der Waals surface area contributed by atoms with Crippen LogP contribution in [0.25, 0.3) is 33.1 Å². The van der Waals surface area contributed by atoms with Crippen molar-refractivity contribution in [2.75, 3.05) is 16.0 Å². The maximum absolute atomic E-state index is 13.0. The highest BCUT2D eigenvalue weighted by atomic mass is 32.2. The number of aromatic nitrogens is 12. The van der Waals surface area contributed by atoms with E-state index in [2.05, 4.69) is 120 Å². The SMILES string of the molecule is CCC(C(=O)Nc1cccc(CSc2ncnc3[nH]ncc23)c1)c1ccccc1C.Cc1ccc(C2(C(=O)Nc3cccc(CSc4ncnc5[nH]ncc45)c3)CC2)cc1.O=C1CCC(C(=O)Nc2cccc(CSc3ncnc4[nH]ncc34)c2)CC1. The van der Waals surface area contributed by atoms with E-state index in [-0.39, 0.29) is 40.8 Å². The third-order valence-corrected chi connectivity index (χ3v) is 18.6. The van der Waals surface area contributed by atoms with Crippen LogP contribution in [0.4, 0.5) is 17.1 Å². The third kappa shape index (κ3) is 14.9. The number of thioether (sulfide) groups is 3. The average molecular weight is 1210 g/mol. The highest BCUT2D eigenvalue weighted by Crippen LogP contribution is 2.49. The van der Waals surface area contributed by atoms with Crippen LogP contribution in [0.1, 0.15) is 96.7 Å². The van der Waals surface area contributed by atoms with Crippen LogP contribution in [0, 0.1) is 19.8 Å². The van der Waals surface area contributed by atoms with Crippen LogP contribution in [0.2, 0.25) is 0 Å². The van der Waals surface area contributed by atoms with Gasteiger partial charge >= 0.3 is 0 Å². The lowest BCUT2D eigenvalue weighted by atomic mass is 9.88. The summed E-state index contributed by atoms with van der Waals surface area (Å²) in [7, 11) is 0. The number of hydrogen-bond donors (Lipinski definition) is 6. The van der Waals surface area contributed by atoms with Gasteiger partial charge in [-0.1, -0.05) is 97.4 Å². The van der Waals surface area contributed by atoms with Crippen LogP contribution in [0.3, 0.4) is 0 Å². The predicted molar refractivity (Wildman–Crippen MR) is 342 cm³/mol. The molecule has 2 aliphatic carbocycles. The summed E-state index contributed by atoms with van der Waals surface area (Å²) in [5.41, 5.74) is 12.1. The molecule has 2 aliphatic rings. The minimum Gasteiger partial charge on any atom is -0.326 e. The van der Waals surface area contributed by atoms with Crippen LogP contribution < -0.4 is 16.0 Å². The smallest absolute Gasteiger partial charge is 0.235 e. The first-order valence-corrected chi connectivity index (χ1v) is 31.6. The Bertz CT molecular complexity index is 4210. The van der Waals surface area contributed by atoms with Gasteiger partial charge in [-0.25, -0.2) is 29.9 Å². The first kappa shape index (κ1) is 59.6. The van der Waals surface area contributed by atoms with Gasteiger partial charge in [-0.2, -0.15) is 15.3 Å². The number of hydrogen-bond acceptors (Lipinski definition) is 16. The average Bonchev–Trinajstić information content (AvgIpc) is 1.84. The summed E-state index contributed by atoms with van der Waals surface area (Å²) in [6, 6.07) is 40.2. The molecule has 11 aromatic rings. The van der Waals surface area contributed by atoms with Gasteiger partial charge < -0.3 is 16.0 Å². The fraction of sp³-hybridized carbons (Fsp3) is 0.246. The molecule has 0 saturated heterocycles. The first-order valence-electron chi connectivity index (χ1n) is 28.6. The molecule has 2 saturated carbocycles. The number of aryl methyl sites for hydroxylation is 2. The minimum atomic E-state index is -0.383. The standard InChI is InChI=1S/C23H21N5OS.C23H23N5OS.C19H19N5O2S/c1-15-5-7-17(8-6-15)23(9-10-23)22(29)27-18-4-2-3-16(11-18)13-30-21-19-12-26-28-20(19)24-14-25-21;1-3-18(19-10-5-4-7-15(19)2)22(29)27-17-9-6-8-16(11-17)13-30-23-20-12-26-28-21(20)24-14-25-23;25-15-6-4-13(5-7-15)18(26)23-14-3-1-2-12(8-14)10-27-19-16-9-22-24-17(16)20-11-21-19/h2-8,11-12,14H,9-10,13H2,1H3,(H,27,29)(H,24,25,26,28);4-12,14,18H,3,13H2,1-2H3,(H,27,29)(H,24,25,26,28);1-3,8-9,11,13H,4-7,10H2,(H,23,26)(H,20,21,22,24). The minimum absolute atomic E-state index is 0.00297. The van der Waals surface area contributed by atoms with E-state index >= 15 is 0 Å². The zero-order chi connectivity index (χ0) is 60.1. The number of carbonyl (C=O) groups excluding carboxylic acids is 4. The first-order chi connectivity index (χ1) is 42.5. The lowest BCUT2D eigenvalue weighted by Gasteiger charge is -2.20.